The highest BCUT2D eigenvalue weighted by Gasteiger charge is 2.46. The molecule has 6 nitrogen and oxygen atoms in total. The van der Waals surface area contributed by atoms with Gasteiger partial charge >= 0.3 is 0 Å². The molecule has 1 aliphatic carbocycles. The van der Waals surface area contributed by atoms with Gasteiger partial charge in [0.25, 0.3) is 0 Å². The molecule has 2 aliphatic rings. The van der Waals surface area contributed by atoms with E-state index in [9.17, 15) is 9.59 Å². The lowest BCUT2D eigenvalue weighted by molar-refractivity contribution is -0.143. The van der Waals surface area contributed by atoms with Crippen molar-refractivity contribution < 1.29 is 9.59 Å². The van der Waals surface area contributed by atoms with Gasteiger partial charge in [-0.25, -0.2) is 0 Å². The molecule has 102 valence electrons. The van der Waals surface area contributed by atoms with E-state index in [4.69, 9.17) is 5.73 Å². The van der Waals surface area contributed by atoms with E-state index >= 15 is 0 Å². The highest BCUT2D eigenvalue weighted by molar-refractivity contribution is 5.84. The van der Waals surface area contributed by atoms with Crippen molar-refractivity contribution in [1.29, 1.82) is 0 Å². The minimum atomic E-state index is -0.329. The first kappa shape index (κ1) is 12.2. The van der Waals surface area contributed by atoms with Gasteiger partial charge in [-0.15, -0.1) is 0 Å². The molecular formula is C13H18N4O2. The van der Waals surface area contributed by atoms with E-state index in [-0.39, 0.29) is 29.8 Å². The van der Waals surface area contributed by atoms with Crippen molar-refractivity contribution in [1.82, 2.24) is 14.7 Å². The lowest BCUT2D eigenvalue weighted by Gasteiger charge is -2.40. The Balaban J connectivity index is 2.02. The van der Waals surface area contributed by atoms with Crippen LogP contribution in [0.3, 0.4) is 0 Å². The number of nitrogens with zero attached hydrogens (tertiary/aromatic N) is 3. The topological polar surface area (TPSA) is 81.2 Å². The number of aromatic nitrogens is 2. The molecule has 1 saturated carbocycles. The van der Waals surface area contributed by atoms with Crippen molar-refractivity contribution in [2.45, 2.75) is 37.8 Å². The van der Waals surface area contributed by atoms with Crippen molar-refractivity contribution in [3.05, 3.63) is 18.0 Å². The van der Waals surface area contributed by atoms with Crippen molar-refractivity contribution in [3.8, 4) is 0 Å². The summed E-state index contributed by atoms with van der Waals surface area (Å²) in [5.74, 6) is -0.510. The Kier molecular flexibility index (Phi) is 2.80. The SMILES string of the molecule is Cn1nccc1[C@H]1[C@H](C(N)=O)CCC(=O)N1C1CC1. The number of hydrogen-bond donors (Lipinski definition) is 1. The van der Waals surface area contributed by atoms with E-state index in [1.807, 2.05) is 18.0 Å². The van der Waals surface area contributed by atoms with Crippen LogP contribution in [0.5, 0.6) is 0 Å². The largest absolute Gasteiger partial charge is 0.369 e. The molecule has 1 aliphatic heterocycles. The minimum absolute atomic E-state index is 0.131. The van der Waals surface area contributed by atoms with Gasteiger partial charge in [-0.2, -0.15) is 5.10 Å². The number of carbonyl (C=O) groups is 2. The van der Waals surface area contributed by atoms with Gasteiger partial charge in [0.2, 0.25) is 11.8 Å². The maximum Gasteiger partial charge on any atom is 0.223 e. The fourth-order valence-corrected chi connectivity index (χ4v) is 3.02. The molecule has 6 heteroatoms. The molecular weight excluding hydrogens is 244 g/mol. The monoisotopic (exact) mass is 262 g/mol. The maximum absolute atomic E-state index is 12.2. The zero-order valence-corrected chi connectivity index (χ0v) is 11.0. The van der Waals surface area contributed by atoms with Crippen molar-refractivity contribution in [2.24, 2.45) is 18.7 Å². The molecule has 1 aromatic heterocycles. The average Bonchev–Trinajstić information content (AvgIpc) is 3.10. The van der Waals surface area contributed by atoms with Gasteiger partial charge in [-0.3, -0.25) is 14.3 Å². The van der Waals surface area contributed by atoms with E-state index in [0.29, 0.717) is 12.8 Å². The fourth-order valence-electron chi connectivity index (χ4n) is 3.02. The lowest BCUT2D eigenvalue weighted by Crippen LogP contribution is -2.48. The Labute approximate surface area is 111 Å². The molecule has 2 heterocycles. The molecule has 0 radical (unpaired) electrons. The first-order valence-corrected chi connectivity index (χ1v) is 6.68. The summed E-state index contributed by atoms with van der Waals surface area (Å²) in [5, 5.41) is 4.15. The molecule has 0 aromatic carbocycles. The third-order valence-electron chi connectivity index (χ3n) is 4.11. The van der Waals surface area contributed by atoms with Gasteiger partial charge in [-0.05, 0) is 25.3 Å². The third-order valence-corrected chi connectivity index (χ3v) is 4.11. The van der Waals surface area contributed by atoms with Crippen molar-refractivity contribution >= 4 is 11.8 Å². The van der Waals surface area contributed by atoms with Crippen LogP contribution in [0.4, 0.5) is 0 Å². The molecule has 0 bridgehead atoms. The minimum Gasteiger partial charge on any atom is -0.369 e. The normalized spacial score (nSPS) is 27.6. The van der Waals surface area contributed by atoms with Crippen LogP contribution in [-0.4, -0.2) is 32.5 Å². The Hall–Kier alpha value is -1.85. The van der Waals surface area contributed by atoms with E-state index in [1.54, 1.807) is 10.9 Å². The van der Waals surface area contributed by atoms with E-state index < -0.39 is 0 Å². The van der Waals surface area contributed by atoms with Crippen LogP contribution in [0.25, 0.3) is 0 Å². The van der Waals surface area contributed by atoms with Gasteiger partial charge in [0, 0.05) is 25.7 Å². The first-order chi connectivity index (χ1) is 9.09. The Morgan fingerprint density at radius 2 is 2.16 bits per heavy atom. The van der Waals surface area contributed by atoms with Crippen LogP contribution in [0.15, 0.2) is 12.3 Å². The number of nitrogens with two attached hydrogens (primary N) is 1. The van der Waals surface area contributed by atoms with Gasteiger partial charge in [0.1, 0.15) is 0 Å². The molecule has 0 unspecified atom stereocenters. The molecule has 2 atom stereocenters. The molecule has 2 amide bonds. The molecule has 19 heavy (non-hydrogen) atoms. The number of rotatable bonds is 3. The average molecular weight is 262 g/mol. The third kappa shape index (κ3) is 2.01. The Morgan fingerprint density at radius 1 is 1.42 bits per heavy atom. The molecule has 2 N–H and O–H groups in total. The van der Waals surface area contributed by atoms with Crippen LogP contribution < -0.4 is 5.73 Å². The van der Waals surface area contributed by atoms with E-state index in [0.717, 1.165) is 18.5 Å². The summed E-state index contributed by atoms with van der Waals surface area (Å²) in [6.07, 6.45) is 4.68. The highest BCUT2D eigenvalue weighted by atomic mass is 16.2. The highest BCUT2D eigenvalue weighted by Crippen LogP contribution is 2.43. The number of hydrogen-bond acceptors (Lipinski definition) is 3. The second-order valence-corrected chi connectivity index (χ2v) is 5.40. The maximum atomic E-state index is 12.2. The smallest absolute Gasteiger partial charge is 0.223 e. The Morgan fingerprint density at radius 3 is 2.68 bits per heavy atom. The quantitative estimate of drug-likeness (QED) is 0.853. The van der Waals surface area contributed by atoms with Gasteiger partial charge < -0.3 is 10.6 Å². The molecule has 1 saturated heterocycles. The summed E-state index contributed by atoms with van der Waals surface area (Å²) in [6.45, 7) is 0. The molecule has 1 aromatic rings. The summed E-state index contributed by atoms with van der Waals surface area (Å²) in [6, 6.07) is 1.89. The summed E-state index contributed by atoms with van der Waals surface area (Å²) in [5.41, 5.74) is 6.43. The van der Waals surface area contributed by atoms with Crippen molar-refractivity contribution in [2.75, 3.05) is 0 Å². The van der Waals surface area contributed by atoms with Crippen LogP contribution in [0.2, 0.25) is 0 Å². The van der Waals surface area contributed by atoms with Gasteiger partial charge in [-0.1, -0.05) is 0 Å². The fraction of sp³-hybridized carbons (Fsp3) is 0.615. The summed E-state index contributed by atoms with van der Waals surface area (Å²) < 4.78 is 1.73. The number of primary amides is 1. The van der Waals surface area contributed by atoms with Crippen LogP contribution in [-0.2, 0) is 16.6 Å². The Bertz CT molecular complexity index is 520. The number of aryl methyl sites for hydroxylation is 1. The summed E-state index contributed by atoms with van der Waals surface area (Å²) in [4.78, 5) is 25.8. The van der Waals surface area contributed by atoms with Crippen LogP contribution in [0, 0.1) is 5.92 Å². The predicted molar refractivity (Wildman–Crippen MR) is 67.7 cm³/mol. The van der Waals surface area contributed by atoms with Crippen molar-refractivity contribution in [3.63, 3.8) is 0 Å². The summed E-state index contributed by atoms with van der Waals surface area (Å²) in [7, 11) is 1.83. The summed E-state index contributed by atoms with van der Waals surface area (Å²) >= 11 is 0. The van der Waals surface area contributed by atoms with E-state index in [1.165, 1.54) is 0 Å². The van der Waals surface area contributed by atoms with E-state index in [2.05, 4.69) is 5.10 Å². The predicted octanol–water partition coefficient (Wildman–Crippen LogP) is 0.347. The number of likely N-dealkylation sites (tertiary alicyclic amines) is 1. The van der Waals surface area contributed by atoms with Crippen LogP contribution >= 0.6 is 0 Å². The standard InChI is InChI=1S/C13H18N4O2/c1-16-10(6-7-15-16)12-9(13(14)19)4-5-11(18)17(12)8-2-3-8/h6-9,12H,2-5H2,1H3,(H2,14,19)/t9-,12-/m1/s1. The second-order valence-electron chi connectivity index (χ2n) is 5.40. The zero-order chi connectivity index (χ0) is 13.6. The number of amides is 2. The second kappa shape index (κ2) is 4.36. The van der Waals surface area contributed by atoms with Gasteiger partial charge in [0.15, 0.2) is 0 Å². The van der Waals surface area contributed by atoms with Gasteiger partial charge in [0.05, 0.1) is 17.7 Å². The first-order valence-electron chi connectivity index (χ1n) is 6.68. The lowest BCUT2D eigenvalue weighted by atomic mass is 9.86. The molecule has 2 fully saturated rings. The van der Waals surface area contributed by atoms with Crippen LogP contribution in [0.1, 0.15) is 37.4 Å². The number of carbonyl (C=O) groups excluding carboxylic acids is 2. The zero-order valence-electron chi connectivity index (χ0n) is 11.0. The number of piperidine rings is 1. The molecule has 3 rings (SSSR count). The molecule has 0 spiro atoms.